The number of thioether (sulfide) groups is 1. The minimum absolute atomic E-state index is 0.0357. The molecule has 0 aromatic heterocycles. The van der Waals surface area contributed by atoms with Crippen LogP contribution in [0.15, 0.2) is 47.4 Å². The third-order valence-electron chi connectivity index (χ3n) is 2.41. The van der Waals surface area contributed by atoms with E-state index in [1.165, 1.54) is 24.3 Å². The van der Waals surface area contributed by atoms with Crippen molar-refractivity contribution >= 4 is 17.5 Å². The molecule has 0 unspecified atom stereocenters. The van der Waals surface area contributed by atoms with E-state index in [1.807, 2.05) is 0 Å². The van der Waals surface area contributed by atoms with E-state index in [4.69, 9.17) is 0 Å². The van der Waals surface area contributed by atoms with Crippen molar-refractivity contribution in [3.05, 3.63) is 65.5 Å². The first-order chi connectivity index (χ1) is 9.06. The number of ketones is 1. The second-order valence-corrected chi connectivity index (χ2v) is 4.84. The molecule has 1 nitrogen and oxygen atoms in total. The molecule has 2 rings (SSSR count). The Balaban J connectivity index is 2.05. The second kappa shape index (κ2) is 5.93. The SMILES string of the molecule is O=C(CSc1ccc(F)cc1)c1cc(F)ccc1F. The first-order valence-electron chi connectivity index (χ1n) is 5.43. The van der Waals surface area contributed by atoms with Crippen molar-refractivity contribution in [2.24, 2.45) is 0 Å². The van der Waals surface area contributed by atoms with E-state index in [0.717, 1.165) is 30.0 Å². The third kappa shape index (κ3) is 3.61. The topological polar surface area (TPSA) is 17.1 Å². The maximum Gasteiger partial charge on any atom is 0.176 e. The van der Waals surface area contributed by atoms with Crippen LogP contribution in [0.25, 0.3) is 0 Å². The molecule has 0 radical (unpaired) electrons. The number of Topliss-reactive ketones (excluding diaryl/α,β-unsaturated/α-hetero) is 1. The molecular formula is C14H9F3OS. The van der Waals surface area contributed by atoms with Crippen LogP contribution in [-0.2, 0) is 0 Å². The lowest BCUT2D eigenvalue weighted by molar-refractivity contribution is 0.101. The summed E-state index contributed by atoms with van der Waals surface area (Å²) in [5, 5.41) is 0. The molecule has 0 saturated heterocycles. The van der Waals surface area contributed by atoms with Gasteiger partial charge in [-0.25, -0.2) is 13.2 Å². The van der Waals surface area contributed by atoms with Gasteiger partial charge >= 0.3 is 0 Å². The first kappa shape index (κ1) is 13.7. The van der Waals surface area contributed by atoms with E-state index in [0.29, 0.717) is 4.90 Å². The van der Waals surface area contributed by atoms with E-state index >= 15 is 0 Å². The second-order valence-electron chi connectivity index (χ2n) is 3.79. The van der Waals surface area contributed by atoms with Crippen molar-refractivity contribution in [1.29, 1.82) is 0 Å². The minimum atomic E-state index is -0.744. The van der Waals surface area contributed by atoms with Crippen molar-refractivity contribution in [3.63, 3.8) is 0 Å². The molecule has 0 heterocycles. The molecule has 0 spiro atoms. The first-order valence-corrected chi connectivity index (χ1v) is 6.41. The lowest BCUT2D eigenvalue weighted by Crippen LogP contribution is -2.05. The summed E-state index contributed by atoms with van der Waals surface area (Å²) in [5.74, 6) is -2.31. The zero-order chi connectivity index (χ0) is 13.8. The van der Waals surface area contributed by atoms with E-state index in [-0.39, 0.29) is 17.1 Å². The van der Waals surface area contributed by atoms with Crippen LogP contribution in [-0.4, -0.2) is 11.5 Å². The molecule has 0 bridgehead atoms. The highest BCUT2D eigenvalue weighted by Gasteiger charge is 2.13. The quantitative estimate of drug-likeness (QED) is 0.621. The van der Waals surface area contributed by atoms with Gasteiger partial charge in [-0.1, -0.05) is 0 Å². The van der Waals surface area contributed by atoms with Crippen LogP contribution in [0.5, 0.6) is 0 Å². The zero-order valence-corrected chi connectivity index (χ0v) is 10.5. The maximum absolute atomic E-state index is 13.4. The average molecular weight is 282 g/mol. The number of rotatable bonds is 4. The lowest BCUT2D eigenvalue weighted by Gasteiger charge is -2.03. The van der Waals surface area contributed by atoms with Crippen LogP contribution >= 0.6 is 11.8 Å². The number of hydrogen-bond acceptors (Lipinski definition) is 2. The lowest BCUT2D eigenvalue weighted by atomic mass is 10.1. The van der Waals surface area contributed by atoms with E-state index in [1.54, 1.807) is 0 Å². The standard InChI is InChI=1S/C14H9F3OS/c15-9-1-4-11(5-2-9)19-8-14(18)12-7-10(16)3-6-13(12)17/h1-7H,8H2. The fraction of sp³-hybridized carbons (Fsp3) is 0.0714. The van der Waals surface area contributed by atoms with Crippen molar-refractivity contribution in [1.82, 2.24) is 0 Å². The highest BCUT2D eigenvalue weighted by molar-refractivity contribution is 8.00. The van der Waals surface area contributed by atoms with Crippen LogP contribution in [0.1, 0.15) is 10.4 Å². The Labute approximate surface area is 112 Å². The van der Waals surface area contributed by atoms with Crippen molar-refractivity contribution < 1.29 is 18.0 Å². The smallest absolute Gasteiger partial charge is 0.176 e. The van der Waals surface area contributed by atoms with Crippen LogP contribution < -0.4 is 0 Å². The van der Waals surface area contributed by atoms with Gasteiger partial charge in [0.1, 0.15) is 17.5 Å². The summed E-state index contributed by atoms with van der Waals surface area (Å²) in [7, 11) is 0. The molecule has 98 valence electrons. The molecule has 2 aromatic rings. The van der Waals surface area contributed by atoms with Gasteiger partial charge < -0.3 is 0 Å². The normalized spacial score (nSPS) is 10.5. The van der Waals surface area contributed by atoms with Gasteiger partial charge in [0.15, 0.2) is 5.78 Å². The van der Waals surface area contributed by atoms with Gasteiger partial charge in [0.25, 0.3) is 0 Å². The summed E-state index contributed by atoms with van der Waals surface area (Å²) in [4.78, 5) is 12.4. The number of hydrogen-bond donors (Lipinski definition) is 0. The molecule has 0 aliphatic heterocycles. The van der Waals surface area contributed by atoms with Gasteiger partial charge in [0, 0.05) is 4.90 Å². The number of carbonyl (C=O) groups excluding carboxylic acids is 1. The van der Waals surface area contributed by atoms with Crippen LogP contribution in [0.3, 0.4) is 0 Å². The highest BCUT2D eigenvalue weighted by atomic mass is 32.2. The number of halogens is 3. The molecule has 2 aromatic carbocycles. The predicted octanol–water partition coefficient (Wildman–Crippen LogP) is 4.08. The van der Waals surface area contributed by atoms with Crippen LogP contribution in [0, 0.1) is 17.5 Å². The van der Waals surface area contributed by atoms with Gasteiger partial charge in [-0.3, -0.25) is 4.79 Å². The Morgan fingerprint density at radius 3 is 2.26 bits per heavy atom. The van der Waals surface area contributed by atoms with Crippen LogP contribution in [0.4, 0.5) is 13.2 Å². The summed E-state index contributed by atoms with van der Waals surface area (Å²) in [6.07, 6.45) is 0. The molecule has 5 heteroatoms. The van der Waals surface area contributed by atoms with Crippen LogP contribution in [0.2, 0.25) is 0 Å². The molecule has 0 aliphatic carbocycles. The summed E-state index contributed by atoms with van der Waals surface area (Å²) in [6.45, 7) is 0. The summed E-state index contributed by atoms with van der Waals surface area (Å²) in [5.41, 5.74) is -0.269. The molecule has 0 fully saturated rings. The Morgan fingerprint density at radius 1 is 0.947 bits per heavy atom. The predicted molar refractivity (Wildman–Crippen MR) is 67.8 cm³/mol. The fourth-order valence-electron chi connectivity index (χ4n) is 1.47. The van der Waals surface area contributed by atoms with Gasteiger partial charge in [-0.15, -0.1) is 11.8 Å². The van der Waals surface area contributed by atoms with E-state index in [9.17, 15) is 18.0 Å². The molecule has 0 amide bonds. The molecule has 0 saturated carbocycles. The van der Waals surface area contributed by atoms with Gasteiger partial charge in [-0.05, 0) is 42.5 Å². The van der Waals surface area contributed by atoms with Gasteiger partial charge in [-0.2, -0.15) is 0 Å². The van der Waals surface area contributed by atoms with Crippen molar-refractivity contribution in [2.45, 2.75) is 4.90 Å². The molecule has 0 aliphatic rings. The fourth-order valence-corrected chi connectivity index (χ4v) is 2.25. The molecular weight excluding hydrogens is 273 g/mol. The zero-order valence-electron chi connectivity index (χ0n) is 9.70. The Hall–Kier alpha value is -1.75. The highest BCUT2D eigenvalue weighted by Crippen LogP contribution is 2.20. The maximum atomic E-state index is 13.4. The minimum Gasteiger partial charge on any atom is -0.293 e. The van der Waals surface area contributed by atoms with E-state index < -0.39 is 17.4 Å². The number of carbonyl (C=O) groups is 1. The summed E-state index contributed by atoms with van der Waals surface area (Å²) < 4.78 is 39.0. The molecule has 0 atom stereocenters. The average Bonchev–Trinajstić information content (AvgIpc) is 2.40. The Morgan fingerprint density at radius 2 is 1.58 bits per heavy atom. The Kier molecular flexibility index (Phi) is 4.27. The summed E-state index contributed by atoms with van der Waals surface area (Å²) in [6, 6.07) is 8.35. The van der Waals surface area contributed by atoms with Crippen molar-refractivity contribution in [3.8, 4) is 0 Å². The number of benzene rings is 2. The molecule has 19 heavy (non-hydrogen) atoms. The monoisotopic (exact) mass is 282 g/mol. The third-order valence-corrected chi connectivity index (χ3v) is 3.42. The van der Waals surface area contributed by atoms with Gasteiger partial charge in [0.2, 0.25) is 0 Å². The Bertz CT molecular complexity index is 596. The van der Waals surface area contributed by atoms with Crippen molar-refractivity contribution in [2.75, 3.05) is 5.75 Å². The summed E-state index contributed by atoms with van der Waals surface area (Å²) >= 11 is 1.14. The largest absolute Gasteiger partial charge is 0.293 e. The molecule has 0 N–H and O–H groups in total. The van der Waals surface area contributed by atoms with E-state index in [2.05, 4.69) is 0 Å². The van der Waals surface area contributed by atoms with Gasteiger partial charge in [0.05, 0.1) is 11.3 Å².